The van der Waals surface area contributed by atoms with Crippen molar-refractivity contribution in [3.63, 3.8) is 0 Å². The lowest BCUT2D eigenvalue weighted by Crippen LogP contribution is -2.19. The zero-order chi connectivity index (χ0) is 23.7. The summed E-state index contributed by atoms with van der Waals surface area (Å²) in [5.41, 5.74) is 7.40. The molecule has 0 aliphatic carbocycles. The highest BCUT2D eigenvalue weighted by Crippen LogP contribution is 2.35. The Bertz CT molecular complexity index is 1400. The first-order valence-corrected chi connectivity index (χ1v) is 10.4. The lowest BCUT2D eigenvalue weighted by Gasteiger charge is -2.10. The number of carbonyl (C=O) groups excluding carboxylic acids is 1. The topological polar surface area (TPSA) is 96.1 Å². The lowest BCUT2D eigenvalue weighted by molar-refractivity contribution is 0.0952. The van der Waals surface area contributed by atoms with Gasteiger partial charge in [-0.3, -0.25) is 9.36 Å². The van der Waals surface area contributed by atoms with Gasteiger partial charge < -0.3 is 14.9 Å². The first-order valence-electron chi connectivity index (χ1n) is 10.4. The number of hydrogen-bond acceptors (Lipinski definition) is 5. The van der Waals surface area contributed by atoms with Crippen molar-refractivity contribution in [1.29, 1.82) is 0 Å². The van der Waals surface area contributed by atoms with E-state index < -0.39 is 5.91 Å². The van der Waals surface area contributed by atoms with Crippen LogP contribution in [0.3, 0.4) is 0 Å². The van der Waals surface area contributed by atoms with Crippen molar-refractivity contribution in [2.45, 2.75) is 20.8 Å². The number of benzene rings is 3. The van der Waals surface area contributed by atoms with E-state index in [1.54, 1.807) is 17.6 Å². The number of aryl methyl sites for hydroxylation is 2. The number of carbonyl (C=O) groups is 1. The fourth-order valence-electron chi connectivity index (χ4n) is 3.79. The van der Waals surface area contributed by atoms with Gasteiger partial charge in [0.15, 0.2) is 0 Å². The van der Waals surface area contributed by atoms with Crippen molar-refractivity contribution >= 4 is 22.5 Å². The van der Waals surface area contributed by atoms with E-state index >= 15 is 0 Å². The molecule has 33 heavy (non-hydrogen) atoms. The van der Waals surface area contributed by atoms with E-state index in [4.69, 9.17) is 4.74 Å². The maximum Gasteiger partial charge on any atom is 0.275 e. The van der Waals surface area contributed by atoms with Gasteiger partial charge in [-0.05, 0) is 62.2 Å². The molecule has 0 aliphatic heterocycles. The van der Waals surface area contributed by atoms with Gasteiger partial charge in [-0.1, -0.05) is 24.3 Å². The van der Waals surface area contributed by atoms with Crippen LogP contribution in [0.1, 0.15) is 34.0 Å². The third-order valence-electron chi connectivity index (χ3n) is 5.73. The molecule has 0 spiro atoms. The third-order valence-corrected chi connectivity index (χ3v) is 5.73. The molecule has 3 N–H and O–H groups in total. The minimum absolute atomic E-state index is 0.0299. The Morgan fingerprint density at radius 3 is 2.45 bits per heavy atom. The third kappa shape index (κ3) is 4.01. The Labute approximate surface area is 191 Å². The maximum absolute atomic E-state index is 12.6. The molecule has 0 atom stereocenters. The van der Waals surface area contributed by atoms with Crippen molar-refractivity contribution in [2.24, 2.45) is 5.10 Å². The molecule has 0 aliphatic rings. The van der Waals surface area contributed by atoms with Crippen molar-refractivity contribution < 1.29 is 19.7 Å². The summed E-state index contributed by atoms with van der Waals surface area (Å²) in [5, 5.41) is 26.3. The highest BCUT2D eigenvalue weighted by Gasteiger charge is 2.20. The summed E-state index contributed by atoms with van der Waals surface area (Å²) in [6, 6.07) is 18.0. The molecule has 0 fully saturated rings. The van der Waals surface area contributed by atoms with E-state index in [1.807, 2.05) is 56.3 Å². The molecule has 4 rings (SSSR count). The summed E-state index contributed by atoms with van der Waals surface area (Å²) in [6.07, 6.45) is 0. The predicted octanol–water partition coefficient (Wildman–Crippen LogP) is 4.82. The SMILES string of the molecule is COc1ccc(C(=O)NN=C(C)c2c(O)n(-c3ccc(C)c(C)c3)c3ccccc23)c(O)c1. The monoisotopic (exact) mass is 443 g/mol. The summed E-state index contributed by atoms with van der Waals surface area (Å²) in [7, 11) is 1.48. The molecule has 7 heteroatoms. The van der Waals surface area contributed by atoms with Crippen molar-refractivity contribution in [3.05, 3.63) is 82.9 Å². The first-order chi connectivity index (χ1) is 15.8. The molecule has 4 aromatic rings. The minimum Gasteiger partial charge on any atom is -0.507 e. The van der Waals surface area contributed by atoms with E-state index in [0.29, 0.717) is 17.0 Å². The predicted molar refractivity (Wildman–Crippen MR) is 129 cm³/mol. The van der Waals surface area contributed by atoms with Gasteiger partial charge in [-0.15, -0.1) is 0 Å². The molecular formula is C26H25N3O4. The molecule has 0 radical (unpaired) electrons. The number of para-hydroxylation sites is 1. The number of methoxy groups -OCH3 is 1. The van der Waals surface area contributed by atoms with Gasteiger partial charge >= 0.3 is 0 Å². The molecule has 1 amide bonds. The van der Waals surface area contributed by atoms with Crippen LogP contribution in [0.5, 0.6) is 17.4 Å². The smallest absolute Gasteiger partial charge is 0.275 e. The van der Waals surface area contributed by atoms with Crippen molar-refractivity contribution in [2.75, 3.05) is 7.11 Å². The van der Waals surface area contributed by atoms with Crippen LogP contribution in [0.25, 0.3) is 16.6 Å². The number of ether oxygens (including phenoxy) is 1. The van der Waals surface area contributed by atoms with Gasteiger partial charge in [-0.2, -0.15) is 5.10 Å². The van der Waals surface area contributed by atoms with Gasteiger partial charge in [0.25, 0.3) is 5.91 Å². The lowest BCUT2D eigenvalue weighted by atomic mass is 10.1. The second kappa shape index (κ2) is 8.70. The molecule has 1 aromatic heterocycles. The minimum atomic E-state index is -0.577. The number of phenols is 1. The highest BCUT2D eigenvalue weighted by molar-refractivity contribution is 6.13. The number of phenolic OH excluding ortho intramolecular Hbond substituents is 1. The fourth-order valence-corrected chi connectivity index (χ4v) is 3.79. The number of amides is 1. The van der Waals surface area contributed by atoms with Gasteiger partial charge in [0.1, 0.15) is 11.5 Å². The van der Waals surface area contributed by atoms with E-state index in [9.17, 15) is 15.0 Å². The average molecular weight is 444 g/mol. The Kier molecular flexibility index (Phi) is 5.79. The Morgan fingerprint density at radius 2 is 1.76 bits per heavy atom. The number of rotatable bonds is 5. The number of aromatic nitrogens is 1. The second-order valence-electron chi connectivity index (χ2n) is 7.84. The van der Waals surface area contributed by atoms with Gasteiger partial charge in [0.05, 0.1) is 29.5 Å². The fraction of sp³-hybridized carbons (Fsp3) is 0.154. The number of nitrogens with one attached hydrogen (secondary N) is 1. The quantitative estimate of drug-likeness (QED) is 0.304. The average Bonchev–Trinajstić information content (AvgIpc) is 3.10. The summed E-state index contributed by atoms with van der Waals surface area (Å²) >= 11 is 0. The molecule has 0 saturated carbocycles. The Balaban J connectivity index is 1.73. The van der Waals surface area contributed by atoms with Crippen LogP contribution < -0.4 is 10.2 Å². The molecule has 0 saturated heterocycles. The number of nitrogens with zero attached hydrogens (tertiary/aromatic N) is 2. The standard InChI is InChI=1S/C26H25N3O4/c1-15-9-10-18(13-16(15)2)29-22-8-6-5-7-20(22)24(26(29)32)17(3)27-28-25(31)21-12-11-19(33-4)14-23(21)30/h5-14,30,32H,1-4H3,(H,28,31). The normalized spacial score (nSPS) is 11.6. The van der Waals surface area contributed by atoms with Crippen LogP contribution in [-0.2, 0) is 0 Å². The van der Waals surface area contributed by atoms with E-state index in [2.05, 4.69) is 10.5 Å². The summed E-state index contributed by atoms with van der Waals surface area (Å²) in [4.78, 5) is 12.6. The van der Waals surface area contributed by atoms with Gasteiger partial charge in [0, 0.05) is 17.1 Å². The zero-order valence-electron chi connectivity index (χ0n) is 18.9. The van der Waals surface area contributed by atoms with E-state index in [1.165, 1.54) is 19.2 Å². The zero-order valence-corrected chi connectivity index (χ0v) is 18.9. The van der Waals surface area contributed by atoms with Crippen LogP contribution >= 0.6 is 0 Å². The molecule has 3 aromatic carbocycles. The molecular weight excluding hydrogens is 418 g/mol. The van der Waals surface area contributed by atoms with Crippen molar-refractivity contribution in [3.8, 4) is 23.1 Å². The second-order valence-corrected chi connectivity index (χ2v) is 7.84. The van der Waals surface area contributed by atoms with E-state index in [0.717, 1.165) is 27.7 Å². The largest absolute Gasteiger partial charge is 0.507 e. The van der Waals surface area contributed by atoms with Crippen molar-refractivity contribution in [1.82, 2.24) is 9.99 Å². The maximum atomic E-state index is 12.6. The van der Waals surface area contributed by atoms with Gasteiger partial charge in [0.2, 0.25) is 5.88 Å². The van der Waals surface area contributed by atoms with Gasteiger partial charge in [-0.25, -0.2) is 5.43 Å². The van der Waals surface area contributed by atoms with Crippen LogP contribution in [0.15, 0.2) is 65.8 Å². The highest BCUT2D eigenvalue weighted by atomic mass is 16.5. The molecule has 0 unspecified atom stereocenters. The summed E-state index contributed by atoms with van der Waals surface area (Å²) < 4.78 is 6.81. The summed E-state index contributed by atoms with van der Waals surface area (Å²) in [6.45, 7) is 5.78. The molecule has 168 valence electrons. The van der Waals surface area contributed by atoms with Crippen LogP contribution in [0, 0.1) is 13.8 Å². The number of hydrogen-bond donors (Lipinski definition) is 3. The summed E-state index contributed by atoms with van der Waals surface area (Å²) in [5.74, 6) is -0.323. The number of aromatic hydroxyl groups is 2. The van der Waals surface area contributed by atoms with E-state index in [-0.39, 0.29) is 17.2 Å². The first kappa shape index (κ1) is 22.0. The molecule has 0 bridgehead atoms. The Hall–Kier alpha value is -4.26. The number of hydrazone groups is 1. The molecule has 7 nitrogen and oxygen atoms in total. The molecule has 1 heterocycles. The van der Waals surface area contributed by atoms with Crippen LogP contribution in [0.4, 0.5) is 0 Å². The van der Waals surface area contributed by atoms with Crippen LogP contribution in [-0.4, -0.2) is 33.5 Å². The Morgan fingerprint density at radius 1 is 1.00 bits per heavy atom. The number of fused-ring (bicyclic) bond motifs is 1. The van der Waals surface area contributed by atoms with Crippen LogP contribution in [0.2, 0.25) is 0 Å².